The molecule has 4 rings (SSSR count). The quantitative estimate of drug-likeness (QED) is 0.403. The third kappa shape index (κ3) is 3.44. The van der Waals surface area contributed by atoms with Crippen LogP contribution < -0.4 is 17.0 Å². The Morgan fingerprint density at radius 3 is 1.75 bits per heavy atom. The number of esters is 1. The first-order valence-corrected chi connectivity index (χ1v) is 9.76. The van der Waals surface area contributed by atoms with Crippen LogP contribution in [-0.4, -0.2) is 42.7 Å². The van der Waals surface area contributed by atoms with Crippen LogP contribution in [0.5, 0.6) is 0 Å². The number of ether oxygens (including phenoxy) is 1. The molecular formula is C24H28BrNO2. The molecule has 0 radical (unpaired) electrons. The average molecular weight is 442 g/mol. The summed E-state index contributed by atoms with van der Waals surface area (Å²) in [4.78, 5) is 13.5. The SMILES string of the molecule is CC(C(=O)OC1CC2C=C[C@H](C1)[N+]2(C)C)(c1ccccc1)c1ccccc1.[Br-]. The minimum atomic E-state index is -0.809. The van der Waals surface area contributed by atoms with Crippen LogP contribution in [0, 0.1) is 0 Å². The van der Waals surface area contributed by atoms with E-state index in [-0.39, 0.29) is 29.1 Å². The number of benzene rings is 2. The fourth-order valence-electron chi connectivity index (χ4n) is 4.59. The maximum Gasteiger partial charge on any atom is 0.321 e. The molecule has 2 aliphatic rings. The van der Waals surface area contributed by atoms with Crippen molar-refractivity contribution in [2.75, 3.05) is 14.1 Å². The zero-order valence-corrected chi connectivity index (χ0v) is 18.3. The van der Waals surface area contributed by atoms with E-state index in [0.29, 0.717) is 12.1 Å². The summed E-state index contributed by atoms with van der Waals surface area (Å²) in [7, 11) is 4.54. The lowest BCUT2D eigenvalue weighted by Gasteiger charge is -2.44. The van der Waals surface area contributed by atoms with Gasteiger partial charge in [-0.15, -0.1) is 0 Å². The molecule has 2 aromatic carbocycles. The second-order valence-electron chi connectivity index (χ2n) is 8.50. The highest BCUT2D eigenvalue weighted by Gasteiger charge is 2.48. The molecule has 4 heteroatoms. The van der Waals surface area contributed by atoms with Gasteiger partial charge in [0.1, 0.15) is 23.6 Å². The Morgan fingerprint density at radius 2 is 1.32 bits per heavy atom. The fraction of sp³-hybridized carbons (Fsp3) is 0.375. The Hall–Kier alpha value is -1.91. The Bertz CT molecular complexity index is 790. The molecule has 1 saturated heterocycles. The molecule has 2 aromatic rings. The predicted octanol–water partition coefficient (Wildman–Crippen LogP) is 1.09. The molecular weight excluding hydrogens is 414 g/mol. The van der Waals surface area contributed by atoms with Gasteiger partial charge < -0.3 is 26.2 Å². The van der Waals surface area contributed by atoms with Gasteiger partial charge in [-0.2, -0.15) is 0 Å². The van der Waals surface area contributed by atoms with Gasteiger partial charge >= 0.3 is 5.97 Å². The van der Waals surface area contributed by atoms with Crippen LogP contribution in [-0.2, 0) is 14.9 Å². The number of halogens is 1. The molecule has 3 atom stereocenters. The molecule has 0 amide bonds. The van der Waals surface area contributed by atoms with E-state index in [2.05, 4.69) is 26.2 Å². The maximum atomic E-state index is 13.5. The lowest BCUT2D eigenvalue weighted by molar-refractivity contribution is -0.926. The normalized spacial score (nSPS) is 25.0. The van der Waals surface area contributed by atoms with Gasteiger partial charge in [0.25, 0.3) is 0 Å². The first-order chi connectivity index (χ1) is 12.9. The van der Waals surface area contributed by atoms with Crippen molar-refractivity contribution >= 4 is 5.97 Å². The van der Waals surface area contributed by atoms with Crippen LogP contribution in [0.1, 0.15) is 30.9 Å². The first kappa shape index (κ1) is 20.8. The number of hydrogen-bond donors (Lipinski definition) is 0. The molecule has 0 spiro atoms. The van der Waals surface area contributed by atoms with Crippen molar-refractivity contribution in [3.05, 3.63) is 83.9 Å². The zero-order valence-electron chi connectivity index (χ0n) is 16.7. The summed E-state index contributed by atoms with van der Waals surface area (Å²) in [6.45, 7) is 1.98. The highest BCUT2D eigenvalue weighted by Crippen LogP contribution is 2.38. The monoisotopic (exact) mass is 441 g/mol. The highest BCUT2D eigenvalue weighted by atomic mass is 79.9. The topological polar surface area (TPSA) is 26.3 Å². The van der Waals surface area contributed by atoms with Gasteiger partial charge in [0, 0.05) is 12.8 Å². The summed E-state index contributed by atoms with van der Waals surface area (Å²) in [6.07, 6.45) is 6.36. The van der Waals surface area contributed by atoms with Crippen molar-refractivity contribution in [1.82, 2.24) is 0 Å². The first-order valence-electron chi connectivity index (χ1n) is 9.76. The van der Waals surface area contributed by atoms with Crippen molar-refractivity contribution < 1.29 is 31.0 Å². The van der Waals surface area contributed by atoms with Gasteiger partial charge in [-0.1, -0.05) is 60.7 Å². The molecule has 28 heavy (non-hydrogen) atoms. The van der Waals surface area contributed by atoms with Crippen LogP contribution in [0.4, 0.5) is 0 Å². The van der Waals surface area contributed by atoms with Crippen LogP contribution in [0.2, 0.25) is 0 Å². The number of carbonyl (C=O) groups is 1. The third-order valence-electron chi connectivity index (χ3n) is 6.66. The average Bonchev–Trinajstić information content (AvgIpc) is 2.86. The zero-order chi connectivity index (χ0) is 19.1. The fourth-order valence-corrected chi connectivity index (χ4v) is 4.59. The number of nitrogens with zero attached hydrogens (tertiary/aromatic N) is 1. The van der Waals surface area contributed by atoms with Gasteiger partial charge in [-0.25, -0.2) is 0 Å². The summed E-state index contributed by atoms with van der Waals surface area (Å²) in [6, 6.07) is 20.8. The van der Waals surface area contributed by atoms with E-state index < -0.39 is 5.41 Å². The number of hydrogen-bond acceptors (Lipinski definition) is 2. The van der Waals surface area contributed by atoms with E-state index in [4.69, 9.17) is 4.74 Å². The molecule has 3 nitrogen and oxygen atoms in total. The molecule has 1 fully saturated rings. The molecule has 0 N–H and O–H groups in total. The second kappa shape index (κ2) is 7.84. The van der Waals surface area contributed by atoms with Crippen molar-refractivity contribution in [3.8, 4) is 0 Å². The largest absolute Gasteiger partial charge is 1.00 e. The minimum Gasteiger partial charge on any atom is -1.00 e. The molecule has 2 heterocycles. The number of likely N-dealkylation sites (N-methyl/N-ethyl adjacent to an activating group) is 1. The van der Waals surface area contributed by atoms with Crippen LogP contribution >= 0.6 is 0 Å². The van der Waals surface area contributed by atoms with Crippen LogP contribution in [0.15, 0.2) is 72.8 Å². The molecule has 0 saturated carbocycles. The predicted molar refractivity (Wildman–Crippen MR) is 107 cm³/mol. The van der Waals surface area contributed by atoms with Crippen LogP contribution in [0.25, 0.3) is 0 Å². The lowest BCUT2D eigenvalue weighted by Crippen LogP contribution is -3.00. The second-order valence-corrected chi connectivity index (χ2v) is 8.50. The minimum absolute atomic E-state index is 0. The molecule has 0 aromatic heterocycles. The van der Waals surface area contributed by atoms with E-state index in [1.54, 1.807) is 0 Å². The van der Waals surface area contributed by atoms with Crippen molar-refractivity contribution in [1.29, 1.82) is 0 Å². The number of piperidine rings is 1. The summed E-state index contributed by atoms with van der Waals surface area (Å²) in [5, 5.41) is 0. The number of fused-ring (bicyclic) bond motifs is 2. The molecule has 2 bridgehead atoms. The summed E-state index contributed by atoms with van der Waals surface area (Å²) >= 11 is 0. The van der Waals surface area contributed by atoms with Gasteiger partial charge in [-0.3, -0.25) is 4.79 Å². The molecule has 2 aliphatic heterocycles. The van der Waals surface area contributed by atoms with E-state index in [0.717, 1.165) is 28.5 Å². The Kier molecular flexibility index (Phi) is 5.83. The summed E-state index contributed by atoms with van der Waals surface area (Å²) in [5.41, 5.74) is 1.13. The van der Waals surface area contributed by atoms with E-state index in [1.807, 2.05) is 67.6 Å². The molecule has 2 unspecified atom stereocenters. The summed E-state index contributed by atoms with van der Waals surface area (Å²) < 4.78 is 7.13. The Labute approximate surface area is 178 Å². The standard InChI is InChI=1S/C24H28NO2.BrH/c1-24(18-10-6-4-7-11-18,19-12-8-5-9-13-19)23(26)27-22-16-20-14-15-21(17-22)25(20,2)3;/h4-15,20-22H,16-17H2,1-3H3;1H/q+1;/p-1/t20-,21?,22?;/m1./s1. The van der Waals surface area contributed by atoms with Gasteiger partial charge in [0.05, 0.1) is 14.1 Å². The maximum absolute atomic E-state index is 13.5. The lowest BCUT2D eigenvalue weighted by atomic mass is 9.76. The third-order valence-corrected chi connectivity index (χ3v) is 6.66. The number of carbonyl (C=O) groups excluding carboxylic acids is 1. The Balaban J connectivity index is 0.00000225. The molecule has 148 valence electrons. The smallest absolute Gasteiger partial charge is 0.321 e. The number of quaternary nitrogens is 1. The van der Waals surface area contributed by atoms with Gasteiger partial charge in [0.2, 0.25) is 0 Å². The summed E-state index contributed by atoms with van der Waals surface area (Å²) in [5.74, 6) is -0.156. The van der Waals surface area contributed by atoms with E-state index in [9.17, 15) is 4.79 Å². The van der Waals surface area contributed by atoms with E-state index in [1.165, 1.54) is 0 Å². The van der Waals surface area contributed by atoms with Gasteiger partial charge in [0.15, 0.2) is 0 Å². The molecule has 0 aliphatic carbocycles. The van der Waals surface area contributed by atoms with Crippen LogP contribution in [0.3, 0.4) is 0 Å². The van der Waals surface area contributed by atoms with Crippen molar-refractivity contribution in [2.24, 2.45) is 0 Å². The van der Waals surface area contributed by atoms with Crippen molar-refractivity contribution in [3.63, 3.8) is 0 Å². The number of rotatable bonds is 4. The van der Waals surface area contributed by atoms with Gasteiger partial charge in [-0.05, 0) is 30.2 Å². The Morgan fingerprint density at radius 1 is 0.893 bits per heavy atom. The highest BCUT2D eigenvalue weighted by molar-refractivity contribution is 5.87. The van der Waals surface area contributed by atoms with Crippen molar-refractivity contribution in [2.45, 2.75) is 43.4 Å². The van der Waals surface area contributed by atoms with E-state index >= 15 is 0 Å².